The molecule has 1 atom stereocenters. The second kappa shape index (κ2) is 50.5. The standard InChI is InChI=1S/C56H96O6/c1-4-7-10-13-16-19-22-25-27-29-31-34-37-40-43-46-49-55(58)61-52-53(51-60-54(57)48-45-42-39-36-33-30-24-21-18-15-12-9-6-3)62-56(59)50-47-44-41-38-35-32-28-26-23-20-17-14-11-8-5-2/h9,12,17-18,20-21,26,28,30,33,39,42,53H,4-8,10-11,13-16,19,22-25,27,29,31-32,34-38,40-41,43-52H2,1-3H3/b12-9-,20-17-,21-18-,28-26-,33-30-,42-39-. The van der Waals surface area contributed by atoms with Crippen LogP contribution in [0, 0.1) is 0 Å². The molecule has 0 aliphatic heterocycles. The molecule has 0 spiro atoms. The molecule has 6 nitrogen and oxygen atoms in total. The van der Waals surface area contributed by atoms with Crippen LogP contribution >= 0.6 is 0 Å². The summed E-state index contributed by atoms with van der Waals surface area (Å²) in [7, 11) is 0. The number of carbonyl (C=O) groups excluding carboxylic acids is 3. The highest BCUT2D eigenvalue weighted by atomic mass is 16.6. The van der Waals surface area contributed by atoms with Crippen LogP contribution in [-0.4, -0.2) is 37.2 Å². The predicted octanol–water partition coefficient (Wildman–Crippen LogP) is 17.0. The summed E-state index contributed by atoms with van der Waals surface area (Å²) in [6, 6.07) is 0. The van der Waals surface area contributed by atoms with E-state index in [1.165, 1.54) is 109 Å². The summed E-state index contributed by atoms with van der Waals surface area (Å²) in [5, 5.41) is 0. The van der Waals surface area contributed by atoms with Crippen LogP contribution < -0.4 is 0 Å². The fraction of sp³-hybridized carbons (Fsp3) is 0.732. The molecule has 0 aliphatic rings. The van der Waals surface area contributed by atoms with Gasteiger partial charge in [-0.3, -0.25) is 14.4 Å². The molecular weight excluding hydrogens is 769 g/mol. The van der Waals surface area contributed by atoms with E-state index in [1.807, 2.05) is 12.2 Å². The third-order valence-electron chi connectivity index (χ3n) is 11.0. The predicted molar refractivity (Wildman–Crippen MR) is 265 cm³/mol. The summed E-state index contributed by atoms with van der Waals surface area (Å²) in [4.78, 5) is 37.9. The van der Waals surface area contributed by atoms with Gasteiger partial charge >= 0.3 is 17.9 Å². The molecule has 356 valence electrons. The molecule has 0 heterocycles. The van der Waals surface area contributed by atoms with Crippen LogP contribution in [0.5, 0.6) is 0 Å². The Kier molecular flexibility index (Phi) is 47.9. The van der Waals surface area contributed by atoms with Gasteiger partial charge in [0.2, 0.25) is 0 Å². The van der Waals surface area contributed by atoms with Crippen LogP contribution in [-0.2, 0) is 28.6 Å². The lowest BCUT2D eigenvalue weighted by atomic mass is 10.0. The third kappa shape index (κ3) is 47.9. The average molecular weight is 865 g/mol. The first-order chi connectivity index (χ1) is 30.5. The van der Waals surface area contributed by atoms with E-state index in [1.54, 1.807) is 0 Å². The maximum atomic E-state index is 12.8. The number of ether oxygens (including phenoxy) is 3. The number of esters is 3. The molecule has 0 aliphatic carbocycles. The van der Waals surface area contributed by atoms with Crippen molar-refractivity contribution in [2.24, 2.45) is 0 Å². The Morgan fingerprint density at radius 3 is 1.11 bits per heavy atom. The number of carbonyl (C=O) groups is 3. The molecule has 0 saturated heterocycles. The molecule has 0 aromatic rings. The van der Waals surface area contributed by atoms with Crippen LogP contribution in [0.3, 0.4) is 0 Å². The van der Waals surface area contributed by atoms with Crippen molar-refractivity contribution in [1.82, 2.24) is 0 Å². The van der Waals surface area contributed by atoms with E-state index in [2.05, 4.69) is 81.5 Å². The molecule has 0 N–H and O–H groups in total. The van der Waals surface area contributed by atoms with Gasteiger partial charge in [0.1, 0.15) is 13.2 Å². The Bertz CT molecular complexity index is 1180. The minimum atomic E-state index is -0.809. The molecule has 1 unspecified atom stereocenters. The minimum Gasteiger partial charge on any atom is -0.462 e. The Labute approximate surface area is 382 Å². The third-order valence-corrected chi connectivity index (χ3v) is 11.0. The van der Waals surface area contributed by atoms with Crippen molar-refractivity contribution in [1.29, 1.82) is 0 Å². The zero-order valence-corrected chi connectivity index (χ0v) is 40.6. The summed E-state index contributed by atoms with van der Waals surface area (Å²) in [5.41, 5.74) is 0. The summed E-state index contributed by atoms with van der Waals surface area (Å²) in [6.45, 7) is 6.43. The summed E-state index contributed by atoms with van der Waals surface area (Å²) >= 11 is 0. The molecule has 0 fully saturated rings. The van der Waals surface area contributed by atoms with Crippen molar-refractivity contribution < 1.29 is 28.6 Å². The highest BCUT2D eigenvalue weighted by molar-refractivity contribution is 5.71. The van der Waals surface area contributed by atoms with E-state index in [0.29, 0.717) is 19.3 Å². The molecule has 0 radical (unpaired) electrons. The van der Waals surface area contributed by atoms with E-state index in [-0.39, 0.29) is 37.5 Å². The fourth-order valence-corrected chi connectivity index (χ4v) is 7.07. The van der Waals surface area contributed by atoms with Gasteiger partial charge in [-0.1, -0.05) is 222 Å². The van der Waals surface area contributed by atoms with Crippen molar-refractivity contribution in [3.05, 3.63) is 72.9 Å². The summed E-state index contributed by atoms with van der Waals surface area (Å²) < 4.78 is 16.7. The number of rotatable bonds is 46. The Balaban J connectivity index is 4.46. The quantitative estimate of drug-likeness (QED) is 0.0262. The molecule has 62 heavy (non-hydrogen) atoms. The van der Waals surface area contributed by atoms with Crippen molar-refractivity contribution >= 4 is 17.9 Å². The number of hydrogen-bond donors (Lipinski definition) is 0. The topological polar surface area (TPSA) is 78.9 Å². The van der Waals surface area contributed by atoms with Crippen LogP contribution in [0.1, 0.15) is 245 Å². The molecule has 0 aromatic carbocycles. The van der Waals surface area contributed by atoms with E-state index in [9.17, 15) is 14.4 Å². The van der Waals surface area contributed by atoms with Crippen LogP contribution in [0.15, 0.2) is 72.9 Å². The van der Waals surface area contributed by atoms with Crippen molar-refractivity contribution in [2.45, 2.75) is 252 Å². The highest BCUT2D eigenvalue weighted by Crippen LogP contribution is 2.15. The molecule has 0 bridgehead atoms. The normalized spacial score (nSPS) is 12.6. The van der Waals surface area contributed by atoms with E-state index in [0.717, 1.165) is 89.9 Å². The fourth-order valence-electron chi connectivity index (χ4n) is 7.07. The first kappa shape index (κ1) is 58.9. The molecule has 6 heteroatoms. The van der Waals surface area contributed by atoms with Crippen LogP contribution in [0.4, 0.5) is 0 Å². The van der Waals surface area contributed by atoms with Gasteiger partial charge < -0.3 is 14.2 Å². The van der Waals surface area contributed by atoms with E-state index < -0.39 is 6.10 Å². The largest absolute Gasteiger partial charge is 0.462 e. The zero-order valence-electron chi connectivity index (χ0n) is 40.6. The summed E-state index contributed by atoms with van der Waals surface area (Å²) in [5.74, 6) is -0.997. The van der Waals surface area contributed by atoms with Gasteiger partial charge in [0.15, 0.2) is 6.10 Å². The maximum Gasteiger partial charge on any atom is 0.306 e. The van der Waals surface area contributed by atoms with Crippen LogP contribution in [0.2, 0.25) is 0 Å². The Morgan fingerprint density at radius 1 is 0.339 bits per heavy atom. The second-order valence-electron chi connectivity index (χ2n) is 17.1. The van der Waals surface area contributed by atoms with Crippen molar-refractivity contribution in [2.75, 3.05) is 13.2 Å². The highest BCUT2D eigenvalue weighted by Gasteiger charge is 2.19. The lowest BCUT2D eigenvalue weighted by molar-refractivity contribution is -0.166. The van der Waals surface area contributed by atoms with Gasteiger partial charge in [0.25, 0.3) is 0 Å². The first-order valence-electron chi connectivity index (χ1n) is 25.9. The number of unbranched alkanes of at least 4 members (excludes halogenated alkanes) is 23. The second-order valence-corrected chi connectivity index (χ2v) is 17.1. The van der Waals surface area contributed by atoms with Gasteiger partial charge in [-0.15, -0.1) is 0 Å². The van der Waals surface area contributed by atoms with Gasteiger partial charge in [0.05, 0.1) is 0 Å². The maximum absolute atomic E-state index is 12.8. The summed E-state index contributed by atoms with van der Waals surface area (Å²) in [6.07, 6.45) is 63.3. The van der Waals surface area contributed by atoms with E-state index in [4.69, 9.17) is 14.2 Å². The Hall–Kier alpha value is -3.15. The smallest absolute Gasteiger partial charge is 0.306 e. The monoisotopic (exact) mass is 865 g/mol. The van der Waals surface area contributed by atoms with Gasteiger partial charge in [0, 0.05) is 19.3 Å². The average Bonchev–Trinajstić information content (AvgIpc) is 3.27. The molecule has 0 saturated carbocycles. The molecule has 0 rings (SSSR count). The Morgan fingerprint density at radius 2 is 0.661 bits per heavy atom. The lowest BCUT2D eigenvalue weighted by Crippen LogP contribution is -2.30. The van der Waals surface area contributed by atoms with Gasteiger partial charge in [-0.2, -0.15) is 0 Å². The van der Waals surface area contributed by atoms with E-state index >= 15 is 0 Å². The van der Waals surface area contributed by atoms with Crippen LogP contribution in [0.25, 0.3) is 0 Å². The minimum absolute atomic E-state index is 0.101. The zero-order chi connectivity index (χ0) is 45.1. The number of allylic oxidation sites excluding steroid dienone is 12. The van der Waals surface area contributed by atoms with Gasteiger partial charge in [-0.25, -0.2) is 0 Å². The molecule has 0 aromatic heterocycles. The molecular formula is C56H96O6. The molecule has 0 amide bonds. The first-order valence-corrected chi connectivity index (χ1v) is 25.9. The van der Waals surface area contributed by atoms with Gasteiger partial charge in [-0.05, 0) is 77.0 Å². The van der Waals surface area contributed by atoms with Crippen molar-refractivity contribution in [3.63, 3.8) is 0 Å². The lowest BCUT2D eigenvalue weighted by Gasteiger charge is -2.18. The SMILES string of the molecule is CC/C=C\C/C=C\C/C=C\C/C=C\CCC(=O)OCC(COC(=O)CCCCCCCCCCCCCCCCCC)OC(=O)CCCCCCC/C=C\C/C=C\CCCCC. The van der Waals surface area contributed by atoms with Crippen molar-refractivity contribution in [3.8, 4) is 0 Å². The number of hydrogen-bond acceptors (Lipinski definition) is 6.